The highest BCUT2D eigenvalue weighted by atomic mass is 35.5. The first-order valence-corrected chi connectivity index (χ1v) is 7.41. The van der Waals surface area contributed by atoms with Crippen molar-refractivity contribution in [2.24, 2.45) is 0 Å². The molecule has 4 heteroatoms. The van der Waals surface area contributed by atoms with Crippen LogP contribution in [0.4, 0.5) is 5.69 Å². The standard InChI is InChI=1S/C18H18ClNO2/c1-14-7-8-15(13-17(14)19)9-10-18(22)20(11-12-21)16-5-3-2-4-6-16/h2-10,13,21H,11-12H2,1H3. The van der Waals surface area contributed by atoms with Gasteiger partial charge in [0.1, 0.15) is 0 Å². The largest absolute Gasteiger partial charge is 0.395 e. The second-order valence-corrected chi connectivity index (χ2v) is 5.30. The topological polar surface area (TPSA) is 40.5 Å². The predicted octanol–water partition coefficient (Wildman–Crippen LogP) is 3.69. The van der Waals surface area contributed by atoms with E-state index < -0.39 is 0 Å². The number of aliphatic hydroxyl groups is 1. The number of amides is 1. The summed E-state index contributed by atoms with van der Waals surface area (Å²) in [4.78, 5) is 13.9. The van der Waals surface area contributed by atoms with Gasteiger partial charge >= 0.3 is 0 Å². The average Bonchev–Trinajstić information content (AvgIpc) is 2.54. The van der Waals surface area contributed by atoms with Crippen molar-refractivity contribution in [3.8, 4) is 0 Å². The SMILES string of the molecule is Cc1ccc(C=CC(=O)N(CCO)c2ccccc2)cc1Cl. The number of aliphatic hydroxyl groups excluding tert-OH is 1. The molecule has 0 spiro atoms. The molecule has 0 fully saturated rings. The van der Waals surface area contributed by atoms with Gasteiger partial charge in [0.05, 0.1) is 6.61 Å². The molecule has 0 unspecified atom stereocenters. The molecule has 0 aliphatic rings. The highest BCUT2D eigenvalue weighted by Gasteiger charge is 2.11. The number of carbonyl (C=O) groups is 1. The molecule has 114 valence electrons. The summed E-state index contributed by atoms with van der Waals surface area (Å²) in [6.45, 7) is 2.09. The van der Waals surface area contributed by atoms with E-state index >= 15 is 0 Å². The normalized spacial score (nSPS) is 10.9. The molecule has 0 aromatic heterocycles. The van der Waals surface area contributed by atoms with E-state index in [1.54, 1.807) is 6.08 Å². The third-order valence-electron chi connectivity index (χ3n) is 3.27. The summed E-state index contributed by atoms with van der Waals surface area (Å²) in [7, 11) is 0. The van der Waals surface area contributed by atoms with Crippen LogP contribution in [0.1, 0.15) is 11.1 Å². The van der Waals surface area contributed by atoms with Crippen molar-refractivity contribution in [2.75, 3.05) is 18.1 Å². The highest BCUT2D eigenvalue weighted by molar-refractivity contribution is 6.31. The molecule has 0 aliphatic carbocycles. The molecule has 2 aromatic carbocycles. The second-order valence-electron chi connectivity index (χ2n) is 4.89. The van der Waals surface area contributed by atoms with Crippen LogP contribution in [0.5, 0.6) is 0 Å². The minimum atomic E-state index is -0.183. The van der Waals surface area contributed by atoms with E-state index in [2.05, 4.69) is 0 Å². The zero-order valence-electron chi connectivity index (χ0n) is 12.4. The van der Waals surface area contributed by atoms with Gasteiger partial charge in [-0.2, -0.15) is 0 Å². The molecule has 0 atom stereocenters. The number of carbonyl (C=O) groups excluding carboxylic acids is 1. The van der Waals surface area contributed by atoms with Gasteiger partial charge in [0.2, 0.25) is 0 Å². The van der Waals surface area contributed by atoms with Crippen molar-refractivity contribution in [1.82, 2.24) is 0 Å². The molecule has 0 saturated carbocycles. The fourth-order valence-corrected chi connectivity index (χ4v) is 2.23. The molecule has 22 heavy (non-hydrogen) atoms. The van der Waals surface area contributed by atoms with E-state index in [0.717, 1.165) is 16.8 Å². The van der Waals surface area contributed by atoms with Crippen LogP contribution in [0, 0.1) is 6.92 Å². The number of anilines is 1. The lowest BCUT2D eigenvalue weighted by Gasteiger charge is -2.20. The van der Waals surface area contributed by atoms with Gasteiger partial charge in [0.15, 0.2) is 0 Å². The summed E-state index contributed by atoms with van der Waals surface area (Å²) < 4.78 is 0. The minimum Gasteiger partial charge on any atom is -0.395 e. The van der Waals surface area contributed by atoms with Gasteiger partial charge in [-0.1, -0.05) is 41.9 Å². The minimum absolute atomic E-state index is 0.0924. The fourth-order valence-electron chi connectivity index (χ4n) is 2.04. The Bertz CT molecular complexity index is 668. The van der Waals surface area contributed by atoms with Crippen LogP contribution in [0.2, 0.25) is 5.02 Å². The zero-order valence-corrected chi connectivity index (χ0v) is 13.1. The summed E-state index contributed by atoms with van der Waals surface area (Å²) in [5.41, 5.74) is 2.62. The maximum atomic E-state index is 12.4. The van der Waals surface area contributed by atoms with Gasteiger partial charge in [-0.05, 0) is 42.3 Å². The lowest BCUT2D eigenvalue weighted by Crippen LogP contribution is -2.31. The first-order valence-electron chi connectivity index (χ1n) is 7.03. The number of hydrogen-bond acceptors (Lipinski definition) is 2. The predicted molar refractivity (Wildman–Crippen MR) is 91.1 cm³/mol. The maximum Gasteiger partial charge on any atom is 0.251 e. The quantitative estimate of drug-likeness (QED) is 0.855. The van der Waals surface area contributed by atoms with E-state index in [0.29, 0.717) is 5.02 Å². The molecule has 1 amide bonds. The third kappa shape index (κ3) is 4.20. The monoisotopic (exact) mass is 315 g/mol. The van der Waals surface area contributed by atoms with Crippen molar-refractivity contribution in [3.05, 3.63) is 70.8 Å². The summed E-state index contributed by atoms with van der Waals surface area (Å²) in [5, 5.41) is 9.83. The Hall–Kier alpha value is -2.10. The van der Waals surface area contributed by atoms with Gasteiger partial charge in [-0.25, -0.2) is 0 Å². The number of rotatable bonds is 5. The number of hydrogen-bond donors (Lipinski definition) is 1. The lowest BCUT2D eigenvalue weighted by molar-refractivity contribution is -0.114. The fraction of sp³-hybridized carbons (Fsp3) is 0.167. The Labute approximate surface area is 135 Å². The molecule has 2 rings (SSSR count). The zero-order chi connectivity index (χ0) is 15.9. The maximum absolute atomic E-state index is 12.4. The summed E-state index contributed by atoms with van der Waals surface area (Å²) in [6, 6.07) is 14.9. The molecular weight excluding hydrogens is 298 g/mol. The van der Waals surface area contributed by atoms with Crippen LogP contribution in [0.25, 0.3) is 6.08 Å². The first-order chi connectivity index (χ1) is 10.6. The lowest BCUT2D eigenvalue weighted by atomic mass is 10.1. The van der Waals surface area contributed by atoms with E-state index in [4.69, 9.17) is 16.7 Å². The Morgan fingerprint density at radius 3 is 2.59 bits per heavy atom. The molecule has 3 nitrogen and oxygen atoms in total. The van der Waals surface area contributed by atoms with Crippen molar-refractivity contribution in [1.29, 1.82) is 0 Å². The van der Waals surface area contributed by atoms with Crippen LogP contribution in [0.3, 0.4) is 0 Å². The third-order valence-corrected chi connectivity index (χ3v) is 3.68. The Morgan fingerprint density at radius 2 is 1.95 bits per heavy atom. The van der Waals surface area contributed by atoms with Crippen LogP contribution < -0.4 is 4.90 Å². The Balaban J connectivity index is 2.17. The summed E-state index contributed by atoms with van der Waals surface area (Å²) >= 11 is 6.08. The Morgan fingerprint density at radius 1 is 1.23 bits per heavy atom. The number of para-hydroxylation sites is 1. The van der Waals surface area contributed by atoms with Crippen molar-refractivity contribution < 1.29 is 9.90 Å². The van der Waals surface area contributed by atoms with Crippen molar-refractivity contribution in [3.63, 3.8) is 0 Å². The van der Waals surface area contributed by atoms with E-state index in [-0.39, 0.29) is 19.1 Å². The molecular formula is C18H18ClNO2. The average molecular weight is 316 g/mol. The summed E-state index contributed by atoms with van der Waals surface area (Å²) in [5.74, 6) is -0.183. The van der Waals surface area contributed by atoms with E-state index in [9.17, 15) is 4.79 Å². The molecule has 2 aromatic rings. The van der Waals surface area contributed by atoms with Crippen LogP contribution in [0.15, 0.2) is 54.6 Å². The van der Waals surface area contributed by atoms with Gasteiger partial charge in [-0.3, -0.25) is 4.79 Å². The smallest absolute Gasteiger partial charge is 0.251 e. The molecule has 0 radical (unpaired) electrons. The number of aryl methyl sites for hydroxylation is 1. The molecule has 0 aliphatic heterocycles. The van der Waals surface area contributed by atoms with Gasteiger partial charge in [0, 0.05) is 23.3 Å². The molecule has 0 heterocycles. The van der Waals surface area contributed by atoms with E-state index in [1.165, 1.54) is 11.0 Å². The van der Waals surface area contributed by atoms with Crippen molar-refractivity contribution >= 4 is 29.3 Å². The summed E-state index contributed by atoms with van der Waals surface area (Å²) in [6.07, 6.45) is 3.21. The number of benzene rings is 2. The number of halogens is 1. The van der Waals surface area contributed by atoms with Crippen LogP contribution >= 0.6 is 11.6 Å². The molecule has 0 saturated heterocycles. The van der Waals surface area contributed by atoms with Crippen LogP contribution in [-0.2, 0) is 4.79 Å². The first kappa shape index (κ1) is 16.3. The van der Waals surface area contributed by atoms with Gasteiger partial charge in [-0.15, -0.1) is 0 Å². The second kappa shape index (κ2) is 7.78. The van der Waals surface area contributed by atoms with Crippen LogP contribution in [-0.4, -0.2) is 24.2 Å². The van der Waals surface area contributed by atoms with Crippen molar-refractivity contribution in [2.45, 2.75) is 6.92 Å². The number of nitrogens with zero attached hydrogens (tertiary/aromatic N) is 1. The van der Waals surface area contributed by atoms with E-state index in [1.807, 2.05) is 55.5 Å². The highest BCUT2D eigenvalue weighted by Crippen LogP contribution is 2.18. The Kier molecular flexibility index (Phi) is 5.75. The van der Waals surface area contributed by atoms with Gasteiger partial charge in [0.25, 0.3) is 5.91 Å². The van der Waals surface area contributed by atoms with Gasteiger partial charge < -0.3 is 10.0 Å². The molecule has 1 N–H and O–H groups in total. The molecule has 0 bridgehead atoms.